The zero-order valence-electron chi connectivity index (χ0n) is 28.7. The monoisotopic (exact) mass is 611 g/mol. The Hall–Kier alpha value is -1.59. The van der Waals surface area contributed by atoms with Gasteiger partial charge in [-0.25, -0.2) is 0 Å². The molecule has 0 heterocycles. The summed E-state index contributed by atoms with van der Waals surface area (Å²) in [5.41, 5.74) is 0. The van der Waals surface area contributed by atoms with Gasteiger partial charge in [0, 0.05) is 19.8 Å². The fraction of sp³-hybridized carbons (Fsp3) is 0.919. The predicted molar refractivity (Wildman–Crippen MR) is 178 cm³/mol. The van der Waals surface area contributed by atoms with Crippen LogP contribution in [0.4, 0.5) is 0 Å². The first-order chi connectivity index (χ1) is 21.0. The van der Waals surface area contributed by atoms with Crippen LogP contribution in [0.5, 0.6) is 0 Å². The Kier molecular flexibility index (Phi) is 32.1. The van der Waals surface area contributed by atoms with Gasteiger partial charge in [0.1, 0.15) is 13.2 Å². The molecule has 0 radical (unpaired) electrons. The minimum atomic E-state index is -0.756. The zero-order valence-corrected chi connectivity index (χ0v) is 28.7. The van der Waals surface area contributed by atoms with Gasteiger partial charge in [0.05, 0.1) is 0 Å². The summed E-state index contributed by atoms with van der Waals surface area (Å²) in [5, 5.41) is 0. The standard InChI is InChI=1S/C37H70O6/c1-4-6-8-10-12-14-16-18-20-22-24-26-28-30-36(39)42-33-35(32-41-34(3)38)43-37(40)31-29-27-25-23-21-19-17-15-13-11-9-7-5-2/h35H,4-33H2,1-3H3/t35-/m1/s1. The molecule has 0 aromatic carbocycles. The Morgan fingerprint density at radius 2 is 0.721 bits per heavy atom. The van der Waals surface area contributed by atoms with Crippen molar-refractivity contribution in [2.24, 2.45) is 0 Å². The second-order valence-electron chi connectivity index (χ2n) is 12.6. The highest BCUT2D eigenvalue weighted by Crippen LogP contribution is 2.15. The Balaban J connectivity index is 3.84. The summed E-state index contributed by atoms with van der Waals surface area (Å²) in [7, 11) is 0. The molecule has 0 saturated carbocycles. The number of esters is 3. The third kappa shape index (κ3) is 33.1. The van der Waals surface area contributed by atoms with E-state index >= 15 is 0 Å². The molecule has 6 heteroatoms. The van der Waals surface area contributed by atoms with E-state index in [-0.39, 0.29) is 25.2 Å². The number of unbranched alkanes of at least 4 members (excludes halogenated alkanes) is 24. The van der Waals surface area contributed by atoms with E-state index in [1.807, 2.05) is 0 Å². The first kappa shape index (κ1) is 41.4. The van der Waals surface area contributed by atoms with Crippen molar-refractivity contribution in [1.29, 1.82) is 0 Å². The lowest BCUT2D eigenvalue weighted by molar-refractivity contribution is -0.166. The van der Waals surface area contributed by atoms with Crippen molar-refractivity contribution in [3.63, 3.8) is 0 Å². The molecule has 0 rings (SSSR count). The Morgan fingerprint density at radius 1 is 0.419 bits per heavy atom. The molecule has 0 unspecified atom stereocenters. The molecule has 0 aromatic heterocycles. The molecule has 1 atom stereocenters. The van der Waals surface area contributed by atoms with Crippen LogP contribution in [-0.4, -0.2) is 37.2 Å². The van der Waals surface area contributed by atoms with Crippen LogP contribution in [0.3, 0.4) is 0 Å². The summed E-state index contributed by atoms with van der Waals surface area (Å²) in [4.78, 5) is 35.8. The number of carbonyl (C=O) groups is 3. The number of hydrogen-bond donors (Lipinski definition) is 0. The van der Waals surface area contributed by atoms with Gasteiger partial charge in [0.2, 0.25) is 0 Å². The van der Waals surface area contributed by atoms with Crippen molar-refractivity contribution < 1.29 is 28.6 Å². The van der Waals surface area contributed by atoms with E-state index in [9.17, 15) is 14.4 Å². The van der Waals surface area contributed by atoms with Crippen LogP contribution >= 0.6 is 0 Å². The maximum absolute atomic E-state index is 12.3. The van der Waals surface area contributed by atoms with Crippen LogP contribution in [0.15, 0.2) is 0 Å². The lowest BCUT2D eigenvalue weighted by Gasteiger charge is -2.18. The number of hydrogen-bond acceptors (Lipinski definition) is 6. The molecule has 0 bridgehead atoms. The fourth-order valence-electron chi connectivity index (χ4n) is 5.40. The van der Waals surface area contributed by atoms with E-state index in [0.717, 1.165) is 38.5 Å². The van der Waals surface area contributed by atoms with E-state index < -0.39 is 12.1 Å². The van der Waals surface area contributed by atoms with Crippen LogP contribution in [-0.2, 0) is 28.6 Å². The molecule has 0 saturated heterocycles. The van der Waals surface area contributed by atoms with Gasteiger partial charge in [-0.05, 0) is 12.8 Å². The highest BCUT2D eigenvalue weighted by Gasteiger charge is 2.18. The van der Waals surface area contributed by atoms with Crippen LogP contribution in [0.25, 0.3) is 0 Å². The Bertz CT molecular complexity index is 635. The normalized spacial score (nSPS) is 11.8. The topological polar surface area (TPSA) is 78.9 Å². The minimum absolute atomic E-state index is 0.0745. The van der Waals surface area contributed by atoms with Crippen LogP contribution < -0.4 is 0 Å². The number of carbonyl (C=O) groups excluding carboxylic acids is 3. The third-order valence-electron chi connectivity index (χ3n) is 8.17. The summed E-state index contributed by atoms with van der Waals surface area (Å²) >= 11 is 0. The molecule has 0 aliphatic heterocycles. The van der Waals surface area contributed by atoms with E-state index in [1.165, 1.54) is 135 Å². The molecule has 0 aromatic rings. The van der Waals surface area contributed by atoms with Crippen molar-refractivity contribution in [2.45, 2.75) is 207 Å². The lowest BCUT2D eigenvalue weighted by atomic mass is 10.0. The molecular weight excluding hydrogens is 540 g/mol. The molecule has 0 aliphatic rings. The summed E-state index contributed by atoms with van der Waals surface area (Å²) in [6.45, 7) is 5.66. The van der Waals surface area contributed by atoms with Crippen molar-refractivity contribution in [3.8, 4) is 0 Å². The van der Waals surface area contributed by atoms with Gasteiger partial charge in [-0.2, -0.15) is 0 Å². The fourth-order valence-corrected chi connectivity index (χ4v) is 5.40. The highest BCUT2D eigenvalue weighted by molar-refractivity contribution is 5.70. The molecule has 0 aliphatic carbocycles. The summed E-state index contributed by atoms with van der Waals surface area (Å²) in [6, 6.07) is 0. The second kappa shape index (κ2) is 33.3. The first-order valence-corrected chi connectivity index (χ1v) is 18.5. The van der Waals surface area contributed by atoms with E-state index in [4.69, 9.17) is 14.2 Å². The van der Waals surface area contributed by atoms with E-state index in [1.54, 1.807) is 0 Å². The molecule has 0 N–H and O–H groups in total. The average Bonchev–Trinajstić information content (AvgIpc) is 2.99. The molecule has 0 amide bonds. The summed E-state index contributed by atoms with van der Waals surface area (Å²) < 4.78 is 15.9. The number of rotatable bonds is 33. The lowest BCUT2D eigenvalue weighted by Crippen LogP contribution is -2.30. The van der Waals surface area contributed by atoms with Crippen molar-refractivity contribution in [2.75, 3.05) is 13.2 Å². The molecule has 6 nitrogen and oxygen atoms in total. The molecule has 43 heavy (non-hydrogen) atoms. The second-order valence-corrected chi connectivity index (χ2v) is 12.6. The van der Waals surface area contributed by atoms with Crippen LogP contribution in [0.2, 0.25) is 0 Å². The summed E-state index contributed by atoms with van der Waals surface area (Å²) in [5.74, 6) is -1.06. The van der Waals surface area contributed by atoms with Gasteiger partial charge in [0.25, 0.3) is 0 Å². The molecule has 254 valence electrons. The van der Waals surface area contributed by atoms with Crippen molar-refractivity contribution >= 4 is 17.9 Å². The first-order valence-electron chi connectivity index (χ1n) is 18.5. The summed E-state index contributed by atoms with van der Waals surface area (Å²) in [6.07, 6.45) is 32.5. The van der Waals surface area contributed by atoms with Gasteiger partial charge in [-0.1, -0.05) is 168 Å². The van der Waals surface area contributed by atoms with Crippen LogP contribution in [0, 0.1) is 0 Å². The highest BCUT2D eigenvalue weighted by atomic mass is 16.6. The molecule has 0 spiro atoms. The Morgan fingerprint density at radius 3 is 1.07 bits per heavy atom. The smallest absolute Gasteiger partial charge is 0.306 e. The average molecular weight is 611 g/mol. The van der Waals surface area contributed by atoms with Gasteiger partial charge in [0.15, 0.2) is 6.10 Å². The number of ether oxygens (including phenoxy) is 3. The maximum atomic E-state index is 12.3. The van der Waals surface area contributed by atoms with Crippen LogP contribution in [0.1, 0.15) is 201 Å². The van der Waals surface area contributed by atoms with E-state index in [0.29, 0.717) is 12.8 Å². The predicted octanol–water partition coefficient (Wildman–Crippen LogP) is 11.0. The third-order valence-corrected chi connectivity index (χ3v) is 8.17. The van der Waals surface area contributed by atoms with E-state index in [2.05, 4.69) is 13.8 Å². The van der Waals surface area contributed by atoms with Gasteiger partial charge < -0.3 is 14.2 Å². The maximum Gasteiger partial charge on any atom is 0.306 e. The molecule has 0 fully saturated rings. The van der Waals surface area contributed by atoms with Crippen molar-refractivity contribution in [1.82, 2.24) is 0 Å². The largest absolute Gasteiger partial charge is 0.462 e. The Labute approximate surface area is 266 Å². The van der Waals surface area contributed by atoms with Crippen molar-refractivity contribution in [3.05, 3.63) is 0 Å². The molecular formula is C37H70O6. The van der Waals surface area contributed by atoms with Gasteiger partial charge >= 0.3 is 17.9 Å². The SMILES string of the molecule is CCCCCCCCCCCCCCCC(=O)OC[C@@H](COC(C)=O)OC(=O)CCCCCCCCCCCCCCC. The van der Waals surface area contributed by atoms with Gasteiger partial charge in [-0.15, -0.1) is 0 Å². The minimum Gasteiger partial charge on any atom is -0.462 e. The quantitative estimate of drug-likeness (QED) is 0.0418. The zero-order chi connectivity index (χ0) is 31.6. The van der Waals surface area contributed by atoms with Gasteiger partial charge in [-0.3, -0.25) is 14.4 Å².